The maximum Gasteiger partial charge on any atom is 0.0847 e. The van der Waals surface area contributed by atoms with E-state index in [1.165, 1.54) is 0 Å². The van der Waals surface area contributed by atoms with E-state index in [4.69, 9.17) is 34.8 Å². The fraction of sp³-hybridized carbons (Fsp3) is 0.400. The zero-order chi connectivity index (χ0) is 15.6. The summed E-state index contributed by atoms with van der Waals surface area (Å²) in [6.45, 7) is 4.73. The Morgan fingerprint density at radius 3 is 2.38 bits per heavy atom. The molecule has 1 aromatic carbocycles. The summed E-state index contributed by atoms with van der Waals surface area (Å²) < 4.78 is 1.92. The Bertz CT molecular complexity index is 617. The van der Waals surface area contributed by atoms with Gasteiger partial charge in [0.2, 0.25) is 0 Å². The molecule has 1 N–H and O–H groups in total. The van der Waals surface area contributed by atoms with E-state index >= 15 is 0 Å². The summed E-state index contributed by atoms with van der Waals surface area (Å²) in [5.74, 6) is 0. The SMILES string of the molecule is CCn1nc(C)c(Cl)c1CC(NC)c1c(Cl)cccc1Cl. The third-order valence-corrected chi connectivity index (χ3v) is 4.70. The van der Waals surface area contributed by atoms with E-state index in [0.29, 0.717) is 21.5 Å². The lowest BCUT2D eigenvalue weighted by atomic mass is 10.0. The molecule has 0 amide bonds. The van der Waals surface area contributed by atoms with Crippen molar-refractivity contribution in [1.29, 1.82) is 0 Å². The average molecular weight is 347 g/mol. The molecule has 0 saturated carbocycles. The predicted molar refractivity (Wildman–Crippen MR) is 89.6 cm³/mol. The highest BCUT2D eigenvalue weighted by Crippen LogP contribution is 2.33. The van der Waals surface area contributed by atoms with Gasteiger partial charge in [-0.1, -0.05) is 40.9 Å². The Kier molecular flexibility index (Phi) is 5.55. The molecule has 6 heteroatoms. The quantitative estimate of drug-likeness (QED) is 0.852. The van der Waals surface area contributed by atoms with Gasteiger partial charge in [-0.15, -0.1) is 0 Å². The Hall–Kier alpha value is -0.740. The molecule has 1 atom stereocenters. The highest BCUT2D eigenvalue weighted by atomic mass is 35.5. The molecule has 0 aliphatic rings. The molecule has 0 aliphatic carbocycles. The van der Waals surface area contributed by atoms with Crippen LogP contribution in [0.5, 0.6) is 0 Å². The number of hydrogen-bond donors (Lipinski definition) is 1. The summed E-state index contributed by atoms with van der Waals surface area (Å²) in [5, 5.41) is 9.72. The van der Waals surface area contributed by atoms with E-state index in [-0.39, 0.29) is 6.04 Å². The lowest BCUT2D eigenvalue weighted by Gasteiger charge is -2.20. The topological polar surface area (TPSA) is 29.9 Å². The molecule has 0 aliphatic heterocycles. The van der Waals surface area contributed by atoms with Crippen LogP contribution >= 0.6 is 34.8 Å². The molecule has 3 nitrogen and oxygen atoms in total. The largest absolute Gasteiger partial charge is 0.313 e. The summed E-state index contributed by atoms with van der Waals surface area (Å²) >= 11 is 19.0. The Balaban J connectivity index is 2.41. The van der Waals surface area contributed by atoms with E-state index in [2.05, 4.69) is 10.4 Å². The fourth-order valence-electron chi connectivity index (χ4n) is 2.45. The molecule has 1 heterocycles. The van der Waals surface area contributed by atoms with Gasteiger partial charge >= 0.3 is 0 Å². The maximum atomic E-state index is 6.38. The van der Waals surface area contributed by atoms with Crippen LogP contribution < -0.4 is 5.32 Å². The van der Waals surface area contributed by atoms with Crippen molar-refractivity contribution < 1.29 is 0 Å². The van der Waals surface area contributed by atoms with Crippen molar-refractivity contribution >= 4 is 34.8 Å². The zero-order valence-electron chi connectivity index (χ0n) is 12.3. The molecule has 0 spiro atoms. The van der Waals surface area contributed by atoms with Crippen molar-refractivity contribution in [3.05, 3.63) is 50.2 Å². The molecule has 114 valence electrons. The van der Waals surface area contributed by atoms with E-state index < -0.39 is 0 Å². The van der Waals surface area contributed by atoms with Gasteiger partial charge in [0.1, 0.15) is 0 Å². The van der Waals surface area contributed by atoms with Crippen molar-refractivity contribution in [3.8, 4) is 0 Å². The minimum absolute atomic E-state index is 0.0231. The molecule has 1 unspecified atom stereocenters. The van der Waals surface area contributed by atoms with Crippen molar-refractivity contribution in [1.82, 2.24) is 15.1 Å². The van der Waals surface area contributed by atoms with Crippen molar-refractivity contribution in [2.75, 3.05) is 7.05 Å². The first-order valence-corrected chi connectivity index (χ1v) is 7.95. The lowest BCUT2D eigenvalue weighted by molar-refractivity contribution is 0.541. The second kappa shape index (κ2) is 7.01. The summed E-state index contributed by atoms with van der Waals surface area (Å²) in [7, 11) is 1.89. The molecule has 0 fully saturated rings. The number of aryl methyl sites for hydroxylation is 2. The summed E-state index contributed by atoms with van der Waals surface area (Å²) in [4.78, 5) is 0. The number of rotatable bonds is 5. The second-order valence-corrected chi connectivity index (χ2v) is 6.03. The van der Waals surface area contributed by atoms with Crippen molar-refractivity contribution in [2.45, 2.75) is 32.9 Å². The minimum atomic E-state index is -0.0231. The highest BCUT2D eigenvalue weighted by Gasteiger charge is 2.21. The number of nitrogens with zero attached hydrogens (tertiary/aromatic N) is 2. The standard InChI is InChI=1S/C15H18Cl3N3/c1-4-21-13(15(18)9(2)20-21)8-12(19-3)14-10(16)6-5-7-11(14)17/h5-7,12,19H,4,8H2,1-3H3. The van der Waals surface area contributed by atoms with Gasteiger partial charge in [-0.25, -0.2) is 0 Å². The van der Waals surface area contributed by atoms with Gasteiger partial charge in [0.15, 0.2) is 0 Å². The van der Waals surface area contributed by atoms with Crippen LogP contribution in [0, 0.1) is 6.92 Å². The van der Waals surface area contributed by atoms with Crippen LogP contribution in [0.4, 0.5) is 0 Å². The molecular formula is C15H18Cl3N3. The van der Waals surface area contributed by atoms with E-state index in [0.717, 1.165) is 23.5 Å². The molecule has 0 saturated heterocycles. The van der Waals surface area contributed by atoms with Crippen molar-refractivity contribution in [3.63, 3.8) is 0 Å². The van der Waals surface area contributed by atoms with Gasteiger partial charge in [0.05, 0.1) is 16.4 Å². The molecule has 1 aromatic heterocycles. The van der Waals surface area contributed by atoms with E-state index in [1.54, 1.807) is 0 Å². The van der Waals surface area contributed by atoms with Gasteiger partial charge in [0.25, 0.3) is 0 Å². The van der Waals surface area contributed by atoms with Gasteiger partial charge < -0.3 is 5.32 Å². The van der Waals surface area contributed by atoms with Crippen LogP contribution in [0.25, 0.3) is 0 Å². The van der Waals surface area contributed by atoms with Gasteiger partial charge in [0, 0.05) is 34.6 Å². The average Bonchev–Trinajstić information content (AvgIpc) is 2.73. The van der Waals surface area contributed by atoms with Crippen LogP contribution in [0.2, 0.25) is 15.1 Å². The summed E-state index contributed by atoms with van der Waals surface area (Å²) in [5.41, 5.74) is 2.72. The van der Waals surface area contributed by atoms with Gasteiger partial charge in [-0.2, -0.15) is 5.10 Å². The molecule has 2 aromatic rings. The lowest BCUT2D eigenvalue weighted by Crippen LogP contribution is -2.21. The third kappa shape index (κ3) is 3.37. The number of aromatic nitrogens is 2. The minimum Gasteiger partial charge on any atom is -0.313 e. The third-order valence-electron chi connectivity index (χ3n) is 3.55. The maximum absolute atomic E-state index is 6.38. The summed E-state index contributed by atoms with van der Waals surface area (Å²) in [6.07, 6.45) is 0.674. The number of likely N-dealkylation sites (N-methyl/N-ethyl adjacent to an activating group) is 1. The van der Waals surface area contributed by atoms with E-state index in [1.807, 2.05) is 43.8 Å². The van der Waals surface area contributed by atoms with Crippen molar-refractivity contribution in [2.24, 2.45) is 0 Å². The molecular weight excluding hydrogens is 329 g/mol. The Morgan fingerprint density at radius 1 is 1.24 bits per heavy atom. The van der Waals surface area contributed by atoms with Crippen LogP contribution in [0.1, 0.15) is 29.9 Å². The van der Waals surface area contributed by atoms with Crippen LogP contribution in [-0.2, 0) is 13.0 Å². The monoisotopic (exact) mass is 345 g/mol. The van der Waals surface area contributed by atoms with Crippen LogP contribution in [-0.4, -0.2) is 16.8 Å². The first kappa shape index (κ1) is 16.6. The molecule has 0 bridgehead atoms. The van der Waals surface area contributed by atoms with Gasteiger partial charge in [-0.3, -0.25) is 4.68 Å². The fourth-order valence-corrected chi connectivity index (χ4v) is 3.32. The molecule has 2 rings (SSSR count). The first-order valence-electron chi connectivity index (χ1n) is 6.82. The summed E-state index contributed by atoms with van der Waals surface area (Å²) in [6, 6.07) is 5.51. The zero-order valence-corrected chi connectivity index (χ0v) is 14.5. The molecule has 0 radical (unpaired) electrons. The van der Waals surface area contributed by atoms with Gasteiger partial charge in [-0.05, 0) is 33.0 Å². The van der Waals surface area contributed by atoms with Crippen LogP contribution in [0.3, 0.4) is 0 Å². The molecule has 21 heavy (non-hydrogen) atoms. The van der Waals surface area contributed by atoms with E-state index in [9.17, 15) is 0 Å². The second-order valence-electron chi connectivity index (χ2n) is 4.84. The number of halogens is 3. The normalized spacial score (nSPS) is 12.7. The predicted octanol–water partition coefficient (Wildman–Crippen LogP) is 4.67. The Labute approximate surface area is 140 Å². The highest BCUT2D eigenvalue weighted by molar-refractivity contribution is 6.36. The Morgan fingerprint density at radius 2 is 1.86 bits per heavy atom. The number of hydrogen-bond acceptors (Lipinski definition) is 2. The van der Waals surface area contributed by atoms with Crippen LogP contribution in [0.15, 0.2) is 18.2 Å². The number of benzene rings is 1. The number of nitrogens with one attached hydrogen (secondary N) is 1. The first-order chi connectivity index (χ1) is 9.99. The smallest absolute Gasteiger partial charge is 0.0847 e.